The van der Waals surface area contributed by atoms with E-state index in [0.29, 0.717) is 11.1 Å². The number of amides is 1. The van der Waals surface area contributed by atoms with Crippen LogP contribution in [0.4, 0.5) is 5.95 Å². The van der Waals surface area contributed by atoms with E-state index >= 15 is 0 Å². The summed E-state index contributed by atoms with van der Waals surface area (Å²) >= 11 is 1.57. The number of nitrogens with zero attached hydrogens (tertiary/aromatic N) is 3. The number of unbranched alkanes of at least 4 members (excludes halogenated alkanes) is 1. The number of hydrogen-bond donors (Lipinski definition) is 2. The topological polar surface area (TPSA) is 83.7 Å². The summed E-state index contributed by atoms with van der Waals surface area (Å²) in [6.07, 6.45) is 2.32. The Balaban J connectivity index is 2.16. The maximum Gasteiger partial charge on any atom is 0.237 e. The molecule has 0 aliphatic carbocycles. The van der Waals surface area contributed by atoms with Crippen molar-refractivity contribution in [2.75, 3.05) is 11.1 Å². The second kappa shape index (κ2) is 4.65. The van der Waals surface area contributed by atoms with Crippen molar-refractivity contribution in [1.29, 1.82) is 5.41 Å². The van der Waals surface area contributed by atoms with Gasteiger partial charge in [-0.1, -0.05) is 25.1 Å². The van der Waals surface area contributed by atoms with Gasteiger partial charge in [-0.15, -0.1) is 10.2 Å². The molecule has 0 bridgehead atoms. The van der Waals surface area contributed by atoms with Gasteiger partial charge in [-0.3, -0.25) is 15.5 Å². The van der Waals surface area contributed by atoms with Crippen molar-refractivity contribution in [3.63, 3.8) is 0 Å². The first kappa shape index (κ1) is 11.1. The van der Waals surface area contributed by atoms with Crippen LogP contribution in [0.5, 0.6) is 0 Å². The summed E-state index contributed by atoms with van der Waals surface area (Å²) in [6, 6.07) is 0. The third-order valence-corrected chi connectivity index (χ3v) is 3.23. The first-order valence-electron chi connectivity index (χ1n) is 5.18. The van der Waals surface area contributed by atoms with Crippen molar-refractivity contribution < 1.29 is 4.79 Å². The highest BCUT2D eigenvalue weighted by atomic mass is 32.2. The smallest absolute Gasteiger partial charge is 0.237 e. The molecule has 1 amide bonds. The Labute approximate surface area is 97.3 Å². The number of anilines is 1. The summed E-state index contributed by atoms with van der Waals surface area (Å²) in [5.41, 5.74) is 0. The summed E-state index contributed by atoms with van der Waals surface area (Å²) in [4.78, 5) is 11.2. The molecule has 2 rings (SSSR count). The lowest BCUT2D eigenvalue weighted by molar-refractivity contribution is -0.115. The van der Waals surface area contributed by atoms with Crippen molar-refractivity contribution in [2.45, 2.75) is 31.3 Å². The van der Waals surface area contributed by atoms with Gasteiger partial charge in [0.2, 0.25) is 11.9 Å². The van der Waals surface area contributed by atoms with Crippen LogP contribution in [-0.2, 0) is 4.79 Å². The Hall–Kier alpha value is -1.37. The first-order valence-corrected chi connectivity index (χ1v) is 6.16. The number of carbonyl (C=O) groups excluding carboxylic acids is 1. The molecule has 2 N–H and O–H groups in total. The van der Waals surface area contributed by atoms with Gasteiger partial charge in [-0.2, -0.15) is 0 Å². The molecule has 0 unspecified atom stereocenters. The van der Waals surface area contributed by atoms with Crippen LogP contribution >= 0.6 is 11.8 Å². The fourth-order valence-electron chi connectivity index (χ4n) is 1.40. The van der Waals surface area contributed by atoms with Crippen molar-refractivity contribution in [1.82, 2.24) is 14.8 Å². The third-order valence-electron chi connectivity index (χ3n) is 2.21. The number of aromatic nitrogens is 3. The van der Waals surface area contributed by atoms with E-state index in [4.69, 9.17) is 5.41 Å². The Morgan fingerprint density at radius 1 is 1.56 bits per heavy atom. The van der Waals surface area contributed by atoms with Gasteiger partial charge in [0.05, 0.1) is 6.42 Å². The third kappa shape index (κ3) is 2.08. The molecular formula is C9H13N5OS. The van der Waals surface area contributed by atoms with Crippen molar-refractivity contribution in [3.8, 4) is 0 Å². The molecule has 0 aromatic carbocycles. The van der Waals surface area contributed by atoms with E-state index in [9.17, 15) is 4.79 Å². The van der Waals surface area contributed by atoms with Crippen LogP contribution in [-0.4, -0.2) is 32.3 Å². The molecule has 1 aliphatic heterocycles. The van der Waals surface area contributed by atoms with Gasteiger partial charge in [-0.05, 0) is 6.42 Å². The molecule has 0 atom stereocenters. The normalized spacial score (nSPS) is 14.8. The number of hydrogen-bond acceptors (Lipinski definition) is 5. The highest BCUT2D eigenvalue weighted by Crippen LogP contribution is 2.23. The summed E-state index contributed by atoms with van der Waals surface area (Å²) < 4.78 is 1.60. The van der Waals surface area contributed by atoms with Crippen LogP contribution in [0.25, 0.3) is 0 Å². The van der Waals surface area contributed by atoms with Gasteiger partial charge >= 0.3 is 0 Å². The van der Waals surface area contributed by atoms with Crippen LogP contribution in [0.15, 0.2) is 5.16 Å². The lowest BCUT2D eigenvalue weighted by atomic mass is 10.3. The first-order chi connectivity index (χ1) is 7.72. The Morgan fingerprint density at radius 3 is 3.12 bits per heavy atom. The largest absolute Gasteiger partial charge is 0.294 e. The van der Waals surface area contributed by atoms with Crippen LogP contribution in [0, 0.1) is 5.41 Å². The van der Waals surface area contributed by atoms with E-state index in [1.165, 1.54) is 0 Å². The molecule has 0 fully saturated rings. The molecule has 86 valence electrons. The molecule has 0 saturated carbocycles. The zero-order valence-corrected chi connectivity index (χ0v) is 9.80. The minimum absolute atomic E-state index is 0.0897. The molecule has 1 aromatic rings. The lowest BCUT2D eigenvalue weighted by Crippen LogP contribution is -2.29. The molecule has 1 aromatic heterocycles. The highest BCUT2D eigenvalue weighted by Gasteiger charge is 2.24. The zero-order valence-electron chi connectivity index (χ0n) is 8.99. The Kier molecular flexibility index (Phi) is 3.23. The lowest BCUT2D eigenvalue weighted by Gasteiger charge is -2.15. The number of fused-ring (bicyclic) bond motifs is 1. The van der Waals surface area contributed by atoms with E-state index in [1.54, 1.807) is 16.3 Å². The van der Waals surface area contributed by atoms with Crippen molar-refractivity contribution in [3.05, 3.63) is 0 Å². The van der Waals surface area contributed by atoms with Gasteiger partial charge in [0.25, 0.3) is 0 Å². The minimum Gasteiger partial charge on any atom is -0.294 e. The molecule has 1 aliphatic rings. The molecule has 0 saturated heterocycles. The molecular weight excluding hydrogens is 226 g/mol. The molecule has 0 spiro atoms. The van der Waals surface area contributed by atoms with E-state index in [0.717, 1.165) is 18.6 Å². The van der Waals surface area contributed by atoms with Crippen LogP contribution in [0.3, 0.4) is 0 Å². The van der Waals surface area contributed by atoms with E-state index in [2.05, 4.69) is 22.4 Å². The molecule has 7 heteroatoms. The Bertz CT molecular complexity index is 428. The van der Waals surface area contributed by atoms with Gasteiger partial charge in [0, 0.05) is 5.75 Å². The van der Waals surface area contributed by atoms with Crippen molar-refractivity contribution >= 4 is 29.5 Å². The maximum absolute atomic E-state index is 11.2. The predicted molar refractivity (Wildman–Crippen MR) is 62.0 cm³/mol. The summed E-state index contributed by atoms with van der Waals surface area (Å²) in [5, 5.41) is 18.9. The van der Waals surface area contributed by atoms with Gasteiger partial charge in [0.1, 0.15) is 5.84 Å². The zero-order chi connectivity index (χ0) is 11.5. The van der Waals surface area contributed by atoms with Crippen LogP contribution in [0.2, 0.25) is 0 Å². The fraction of sp³-hybridized carbons (Fsp3) is 0.556. The minimum atomic E-state index is -0.199. The quantitative estimate of drug-likeness (QED) is 0.613. The fourth-order valence-corrected chi connectivity index (χ4v) is 2.44. The van der Waals surface area contributed by atoms with Crippen LogP contribution in [0.1, 0.15) is 26.2 Å². The summed E-state index contributed by atoms with van der Waals surface area (Å²) in [5.74, 6) is 1.36. The number of nitrogens with one attached hydrogen (secondary N) is 2. The summed E-state index contributed by atoms with van der Waals surface area (Å²) in [7, 11) is 0. The standard InChI is InChI=1S/C9H13N5OS/c1-2-3-4-16-9-13-12-8-11-7(15)5-6(10)14(8)9/h10H,2-5H2,1H3,(H,11,12,15). The van der Waals surface area contributed by atoms with E-state index in [1.807, 2.05) is 0 Å². The molecule has 0 radical (unpaired) electrons. The van der Waals surface area contributed by atoms with E-state index < -0.39 is 0 Å². The second-order valence-corrected chi connectivity index (χ2v) is 4.58. The number of carbonyl (C=O) groups is 1. The molecule has 6 nitrogen and oxygen atoms in total. The van der Waals surface area contributed by atoms with Crippen molar-refractivity contribution in [2.24, 2.45) is 0 Å². The Morgan fingerprint density at radius 2 is 2.38 bits per heavy atom. The predicted octanol–water partition coefficient (Wildman–Crippen LogP) is 1.34. The van der Waals surface area contributed by atoms with Gasteiger partial charge in [-0.25, -0.2) is 4.57 Å². The molecule has 16 heavy (non-hydrogen) atoms. The second-order valence-electron chi connectivity index (χ2n) is 3.52. The van der Waals surface area contributed by atoms with Gasteiger partial charge in [0.15, 0.2) is 5.16 Å². The monoisotopic (exact) mass is 239 g/mol. The SMILES string of the molecule is CCCCSc1nnc2n1C(=N)CC(=O)N2. The van der Waals surface area contributed by atoms with E-state index in [-0.39, 0.29) is 18.2 Å². The molecule has 2 heterocycles. The summed E-state index contributed by atoms with van der Waals surface area (Å²) in [6.45, 7) is 2.13. The maximum atomic E-state index is 11.2. The average molecular weight is 239 g/mol. The van der Waals surface area contributed by atoms with Crippen LogP contribution < -0.4 is 5.32 Å². The van der Waals surface area contributed by atoms with Gasteiger partial charge < -0.3 is 0 Å². The average Bonchev–Trinajstić information content (AvgIpc) is 2.62. The number of rotatable bonds is 4. The number of thioether (sulfide) groups is 1. The highest BCUT2D eigenvalue weighted by molar-refractivity contribution is 7.99.